The van der Waals surface area contributed by atoms with E-state index in [2.05, 4.69) is 30.7 Å². The zero-order valence-electron chi connectivity index (χ0n) is 16.5. The van der Waals surface area contributed by atoms with Gasteiger partial charge in [0.1, 0.15) is 11.6 Å². The Labute approximate surface area is 165 Å². The topological polar surface area (TPSA) is 101 Å². The molecule has 3 rings (SSSR count). The Hall–Kier alpha value is -2.90. The molecule has 0 spiro atoms. The predicted octanol–water partition coefficient (Wildman–Crippen LogP) is 2.51. The lowest BCUT2D eigenvalue weighted by Crippen LogP contribution is -2.34. The van der Waals surface area contributed by atoms with Crippen molar-refractivity contribution in [3.63, 3.8) is 0 Å². The zero-order chi connectivity index (χ0) is 19.9. The van der Waals surface area contributed by atoms with Gasteiger partial charge in [-0.05, 0) is 51.0 Å². The highest BCUT2D eigenvalue weighted by molar-refractivity contribution is 5.95. The molecule has 2 heterocycles. The van der Waals surface area contributed by atoms with Crippen molar-refractivity contribution in [3.05, 3.63) is 41.5 Å². The van der Waals surface area contributed by atoms with Crippen LogP contribution in [0.3, 0.4) is 0 Å². The predicted molar refractivity (Wildman–Crippen MR) is 107 cm³/mol. The number of aryl methyl sites for hydroxylation is 1. The summed E-state index contributed by atoms with van der Waals surface area (Å²) >= 11 is 0. The van der Waals surface area contributed by atoms with Crippen LogP contribution in [0.5, 0.6) is 0 Å². The number of aromatic nitrogens is 3. The second-order valence-electron chi connectivity index (χ2n) is 7.33. The van der Waals surface area contributed by atoms with Crippen LogP contribution in [0.1, 0.15) is 55.1 Å². The van der Waals surface area contributed by atoms with Crippen LogP contribution in [-0.4, -0.2) is 39.3 Å². The Morgan fingerprint density at radius 2 is 1.89 bits per heavy atom. The van der Waals surface area contributed by atoms with Crippen LogP contribution in [0.25, 0.3) is 0 Å². The molecule has 0 saturated heterocycles. The lowest BCUT2D eigenvalue weighted by molar-refractivity contribution is 0.0954. The van der Waals surface area contributed by atoms with Crippen molar-refractivity contribution in [2.75, 3.05) is 11.9 Å². The molecule has 3 N–H and O–H groups in total. The summed E-state index contributed by atoms with van der Waals surface area (Å²) in [5, 5.41) is 17.0. The van der Waals surface area contributed by atoms with Crippen LogP contribution in [-0.2, 0) is 19.4 Å². The van der Waals surface area contributed by atoms with Gasteiger partial charge in [0.15, 0.2) is 0 Å². The largest absolute Gasteiger partial charge is 0.352 e. The van der Waals surface area contributed by atoms with Gasteiger partial charge in [0.25, 0.3) is 5.91 Å². The van der Waals surface area contributed by atoms with E-state index in [0.717, 1.165) is 31.0 Å². The van der Waals surface area contributed by atoms with E-state index in [4.69, 9.17) is 0 Å². The lowest BCUT2D eigenvalue weighted by Gasteiger charge is -2.11. The fourth-order valence-electron chi connectivity index (χ4n) is 3.25. The molecule has 0 atom stereocenters. The fraction of sp³-hybridized carbons (Fsp3) is 0.500. The molecule has 0 unspecified atom stereocenters. The number of fused-ring (bicyclic) bond motifs is 1. The normalized spacial score (nSPS) is 13.5. The minimum atomic E-state index is -0.264. The molecular weight excluding hydrogens is 356 g/mol. The summed E-state index contributed by atoms with van der Waals surface area (Å²) in [5.41, 5.74) is 1.19. The van der Waals surface area contributed by atoms with Crippen LogP contribution in [0.15, 0.2) is 24.3 Å². The molecule has 3 amide bonds. The molecule has 1 aromatic carbocycles. The Kier molecular flexibility index (Phi) is 6.62. The third-order valence-electron chi connectivity index (χ3n) is 4.65. The Bertz CT molecular complexity index is 813. The molecule has 8 heteroatoms. The fourth-order valence-corrected chi connectivity index (χ4v) is 3.25. The number of carbonyl (C=O) groups excluding carboxylic acids is 2. The molecule has 0 saturated carbocycles. The van der Waals surface area contributed by atoms with Crippen LogP contribution >= 0.6 is 0 Å². The summed E-state index contributed by atoms with van der Waals surface area (Å²) in [6.07, 6.45) is 5.19. The molecule has 1 aromatic heterocycles. The molecule has 8 nitrogen and oxygen atoms in total. The summed E-state index contributed by atoms with van der Waals surface area (Å²) in [5.74, 6) is 1.85. The molecule has 0 bridgehead atoms. The van der Waals surface area contributed by atoms with E-state index in [9.17, 15) is 9.59 Å². The van der Waals surface area contributed by atoms with Gasteiger partial charge in [-0.15, -0.1) is 10.2 Å². The van der Waals surface area contributed by atoms with Crippen LogP contribution in [0, 0.1) is 0 Å². The SMILES string of the molecule is CC(C)NC(=O)Nc1ccc(C(=O)NCCc2nnc3n2CCCCC3)cc1. The van der Waals surface area contributed by atoms with E-state index >= 15 is 0 Å². The molecule has 28 heavy (non-hydrogen) atoms. The number of benzene rings is 1. The smallest absolute Gasteiger partial charge is 0.319 e. The quantitative estimate of drug-likeness (QED) is 0.712. The van der Waals surface area contributed by atoms with Gasteiger partial charge in [0, 0.05) is 43.2 Å². The lowest BCUT2D eigenvalue weighted by atomic mass is 10.2. The van der Waals surface area contributed by atoms with Crippen LogP contribution in [0.4, 0.5) is 10.5 Å². The minimum Gasteiger partial charge on any atom is -0.352 e. The molecule has 0 radical (unpaired) electrons. The third kappa shape index (κ3) is 5.31. The van der Waals surface area contributed by atoms with Gasteiger partial charge < -0.3 is 20.5 Å². The highest BCUT2D eigenvalue weighted by Crippen LogP contribution is 2.14. The Morgan fingerprint density at radius 1 is 1.11 bits per heavy atom. The van der Waals surface area contributed by atoms with Crippen molar-refractivity contribution in [2.24, 2.45) is 0 Å². The molecule has 150 valence electrons. The Balaban J connectivity index is 1.49. The summed E-state index contributed by atoms with van der Waals surface area (Å²) in [4.78, 5) is 24.0. The van der Waals surface area contributed by atoms with Crippen LogP contribution < -0.4 is 16.0 Å². The standard InChI is InChI=1S/C20H28N6O2/c1-14(2)22-20(28)23-16-9-7-15(8-10-16)19(27)21-12-11-18-25-24-17-6-4-3-5-13-26(17)18/h7-10,14H,3-6,11-13H2,1-2H3,(H,21,27)(H2,22,23,28). The van der Waals surface area contributed by atoms with Crippen molar-refractivity contribution in [3.8, 4) is 0 Å². The highest BCUT2D eigenvalue weighted by Gasteiger charge is 2.14. The number of amides is 3. The van der Waals surface area contributed by atoms with Crippen LogP contribution in [0.2, 0.25) is 0 Å². The number of anilines is 1. The number of carbonyl (C=O) groups is 2. The number of nitrogens with zero attached hydrogens (tertiary/aromatic N) is 3. The molecule has 1 aliphatic rings. The van der Waals surface area contributed by atoms with Crippen molar-refractivity contribution >= 4 is 17.6 Å². The summed E-state index contributed by atoms with van der Waals surface area (Å²) in [6, 6.07) is 6.62. The van der Waals surface area contributed by atoms with Crippen molar-refractivity contribution in [1.29, 1.82) is 0 Å². The average molecular weight is 384 g/mol. The number of nitrogens with one attached hydrogen (secondary N) is 3. The van der Waals surface area contributed by atoms with E-state index in [1.807, 2.05) is 13.8 Å². The molecular formula is C20H28N6O2. The Morgan fingerprint density at radius 3 is 2.64 bits per heavy atom. The maximum absolute atomic E-state index is 12.3. The number of hydrogen-bond acceptors (Lipinski definition) is 4. The number of urea groups is 1. The van der Waals surface area contributed by atoms with Gasteiger partial charge >= 0.3 is 6.03 Å². The van der Waals surface area contributed by atoms with E-state index in [-0.39, 0.29) is 18.0 Å². The first kappa shape index (κ1) is 19.9. The molecule has 0 aliphatic carbocycles. The van der Waals surface area contributed by atoms with Gasteiger partial charge in [-0.3, -0.25) is 4.79 Å². The maximum Gasteiger partial charge on any atom is 0.319 e. The van der Waals surface area contributed by atoms with E-state index in [1.165, 1.54) is 12.8 Å². The van der Waals surface area contributed by atoms with E-state index in [1.54, 1.807) is 24.3 Å². The molecule has 0 fully saturated rings. The van der Waals surface area contributed by atoms with Gasteiger partial charge in [-0.2, -0.15) is 0 Å². The summed E-state index contributed by atoms with van der Waals surface area (Å²) in [7, 11) is 0. The number of rotatable bonds is 6. The average Bonchev–Trinajstić information content (AvgIpc) is 2.88. The van der Waals surface area contributed by atoms with Crippen molar-refractivity contribution in [2.45, 2.75) is 58.5 Å². The van der Waals surface area contributed by atoms with Gasteiger partial charge in [0.2, 0.25) is 0 Å². The van der Waals surface area contributed by atoms with E-state index < -0.39 is 0 Å². The maximum atomic E-state index is 12.3. The van der Waals surface area contributed by atoms with E-state index in [0.29, 0.717) is 24.2 Å². The second-order valence-corrected chi connectivity index (χ2v) is 7.33. The molecule has 2 aromatic rings. The van der Waals surface area contributed by atoms with Gasteiger partial charge in [-0.25, -0.2) is 4.79 Å². The summed E-state index contributed by atoms with van der Waals surface area (Å²) in [6.45, 7) is 5.26. The van der Waals surface area contributed by atoms with Crippen molar-refractivity contribution in [1.82, 2.24) is 25.4 Å². The summed E-state index contributed by atoms with van der Waals surface area (Å²) < 4.78 is 2.20. The van der Waals surface area contributed by atoms with Crippen molar-refractivity contribution < 1.29 is 9.59 Å². The number of hydrogen-bond donors (Lipinski definition) is 3. The monoisotopic (exact) mass is 384 g/mol. The zero-order valence-corrected chi connectivity index (χ0v) is 16.5. The first-order valence-corrected chi connectivity index (χ1v) is 9.89. The molecule has 1 aliphatic heterocycles. The first-order chi connectivity index (χ1) is 13.5. The van der Waals surface area contributed by atoms with Gasteiger partial charge in [-0.1, -0.05) is 6.42 Å². The highest BCUT2D eigenvalue weighted by atomic mass is 16.2. The first-order valence-electron chi connectivity index (χ1n) is 9.89. The second kappa shape index (κ2) is 9.34. The van der Waals surface area contributed by atoms with Gasteiger partial charge in [0.05, 0.1) is 0 Å². The third-order valence-corrected chi connectivity index (χ3v) is 4.65. The minimum absolute atomic E-state index is 0.0605.